The number of esters is 1. The Labute approximate surface area is 204 Å². The second-order valence-corrected chi connectivity index (χ2v) is 14.3. The first-order valence-electron chi connectivity index (χ1n) is 13.7. The topological polar surface area (TPSA) is 26.3 Å². The number of carbonyl (C=O) groups excluding carboxylic acids is 1. The van der Waals surface area contributed by atoms with Crippen molar-refractivity contribution in [2.45, 2.75) is 113 Å². The number of methoxy groups -OCH3 is 1. The number of ether oxygens (including phenoxy) is 1. The fourth-order valence-corrected chi connectivity index (χ4v) is 9.85. The number of rotatable bonds is 4. The largest absolute Gasteiger partial charge is 0.469 e. The van der Waals surface area contributed by atoms with Gasteiger partial charge in [-0.25, -0.2) is 0 Å². The van der Waals surface area contributed by atoms with E-state index in [1.807, 2.05) is 0 Å². The van der Waals surface area contributed by atoms with Crippen molar-refractivity contribution in [1.82, 2.24) is 0 Å². The minimum atomic E-state index is -0.0679. The van der Waals surface area contributed by atoms with Gasteiger partial charge in [0.25, 0.3) is 0 Å². The Balaban J connectivity index is 1.74. The predicted octanol–water partition coefficient (Wildman–Crippen LogP) is 8.52. The number of carbonyl (C=O) groups is 1. The van der Waals surface area contributed by atoms with Crippen molar-refractivity contribution in [2.75, 3.05) is 7.11 Å². The van der Waals surface area contributed by atoms with Gasteiger partial charge in [-0.05, 0) is 110 Å². The summed E-state index contributed by atoms with van der Waals surface area (Å²) in [5.74, 6) is 1.81. The van der Waals surface area contributed by atoms with Crippen LogP contribution in [0.4, 0.5) is 0 Å². The van der Waals surface area contributed by atoms with Gasteiger partial charge in [-0.15, -0.1) is 0 Å². The van der Waals surface area contributed by atoms with Crippen LogP contribution in [-0.2, 0) is 9.53 Å². The van der Waals surface area contributed by atoms with Crippen molar-refractivity contribution >= 4 is 5.97 Å². The summed E-state index contributed by atoms with van der Waals surface area (Å²) in [6.45, 7) is 22.0. The lowest BCUT2D eigenvalue weighted by Gasteiger charge is -2.68. The van der Waals surface area contributed by atoms with Crippen LogP contribution in [-0.4, -0.2) is 13.1 Å². The SMILES string of the molecule is C=C(C)C1CCC2(C)C3=CCC4(C)CCC(C)(C)CC4C3(C)CCC2C1(C)CCC(=O)OC. The lowest BCUT2D eigenvalue weighted by Crippen LogP contribution is -2.59. The summed E-state index contributed by atoms with van der Waals surface area (Å²) in [5, 5.41) is 0. The Morgan fingerprint density at radius 2 is 1.64 bits per heavy atom. The van der Waals surface area contributed by atoms with Gasteiger partial charge in [-0.2, -0.15) is 0 Å². The normalized spacial score (nSPS) is 46.3. The molecule has 0 aliphatic heterocycles. The minimum absolute atomic E-state index is 0.0679. The third kappa shape index (κ3) is 3.77. The van der Waals surface area contributed by atoms with E-state index in [2.05, 4.69) is 61.1 Å². The molecule has 4 aliphatic rings. The number of hydrogen-bond donors (Lipinski definition) is 0. The molecule has 7 atom stereocenters. The highest BCUT2D eigenvalue weighted by Gasteiger charge is 2.64. The Morgan fingerprint density at radius 1 is 1.00 bits per heavy atom. The molecule has 4 rings (SSSR count). The molecule has 2 nitrogen and oxygen atoms in total. The summed E-state index contributed by atoms with van der Waals surface area (Å²) in [5.41, 5.74) is 4.65. The maximum Gasteiger partial charge on any atom is 0.305 e. The minimum Gasteiger partial charge on any atom is -0.469 e. The van der Waals surface area contributed by atoms with E-state index in [0.29, 0.717) is 34.5 Å². The molecule has 7 unspecified atom stereocenters. The van der Waals surface area contributed by atoms with Gasteiger partial charge in [-0.1, -0.05) is 65.3 Å². The van der Waals surface area contributed by atoms with E-state index in [4.69, 9.17) is 4.74 Å². The molecule has 0 spiro atoms. The molecule has 186 valence electrons. The van der Waals surface area contributed by atoms with E-state index < -0.39 is 0 Å². The van der Waals surface area contributed by atoms with Crippen LogP contribution in [0.1, 0.15) is 113 Å². The van der Waals surface area contributed by atoms with Gasteiger partial charge in [-0.3, -0.25) is 4.79 Å². The highest BCUT2D eigenvalue weighted by molar-refractivity contribution is 5.69. The van der Waals surface area contributed by atoms with Gasteiger partial charge in [0.1, 0.15) is 0 Å². The molecule has 3 saturated carbocycles. The van der Waals surface area contributed by atoms with Crippen molar-refractivity contribution in [3.8, 4) is 0 Å². The van der Waals surface area contributed by atoms with E-state index in [0.717, 1.165) is 12.3 Å². The third-order valence-corrected chi connectivity index (χ3v) is 11.7. The van der Waals surface area contributed by atoms with E-state index in [1.54, 1.807) is 5.57 Å². The Bertz CT molecular complexity index is 851. The molecule has 2 heteroatoms. The van der Waals surface area contributed by atoms with Crippen molar-refractivity contribution < 1.29 is 9.53 Å². The molecule has 0 N–H and O–H groups in total. The van der Waals surface area contributed by atoms with E-state index >= 15 is 0 Å². The van der Waals surface area contributed by atoms with Crippen LogP contribution in [0.15, 0.2) is 23.8 Å². The van der Waals surface area contributed by atoms with Gasteiger partial charge in [0, 0.05) is 6.42 Å². The first-order valence-corrected chi connectivity index (χ1v) is 13.7. The van der Waals surface area contributed by atoms with Crippen LogP contribution in [0.2, 0.25) is 0 Å². The lowest BCUT2D eigenvalue weighted by atomic mass is 9.36. The maximum atomic E-state index is 12.2. The second kappa shape index (κ2) is 7.99. The smallest absolute Gasteiger partial charge is 0.305 e. The summed E-state index contributed by atoms with van der Waals surface area (Å²) in [6.07, 6.45) is 14.6. The standard InChI is InChI=1S/C31H50O2/c1-21(2)22-10-15-30(7)23(29(22,6)17-13-26(32)33-9)12-16-31(8)24(30)11-14-28(5)19-18-27(3,4)20-25(28)31/h11,22-23,25H,1,10,12-20H2,2-9H3. The molecule has 0 saturated heterocycles. The quantitative estimate of drug-likeness (QED) is 0.314. The van der Waals surface area contributed by atoms with Crippen LogP contribution >= 0.6 is 0 Å². The van der Waals surface area contributed by atoms with Gasteiger partial charge >= 0.3 is 5.97 Å². The second-order valence-electron chi connectivity index (χ2n) is 14.3. The molecule has 0 bridgehead atoms. The zero-order valence-corrected chi connectivity index (χ0v) is 22.9. The van der Waals surface area contributed by atoms with Gasteiger partial charge in [0.05, 0.1) is 7.11 Å². The van der Waals surface area contributed by atoms with Gasteiger partial charge in [0.2, 0.25) is 0 Å². The molecule has 0 heterocycles. The number of hydrogen-bond acceptors (Lipinski definition) is 2. The van der Waals surface area contributed by atoms with Crippen molar-refractivity contribution in [1.29, 1.82) is 0 Å². The predicted molar refractivity (Wildman–Crippen MR) is 138 cm³/mol. The van der Waals surface area contributed by atoms with E-state index in [1.165, 1.54) is 64.0 Å². The molecule has 0 amide bonds. The van der Waals surface area contributed by atoms with Crippen molar-refractivity contribution in [2.24, 2.45) is 44.8 Å². The molecule has 0 aromatic rings. The molecule has 0 radical (unpaired) electrons. The fraction of sp³-hybridized carbons (Fsp3) is 0.839. The molecule has 33 heavy (non-hydrogen) atoms. The maximum absolute atomic E-state index is 12.2. The van der Waals surface area contributed by atoms with Crippen molar-refractivity contribution in [3.63, 3.8) is 0 Å². The van der Waals surface area contributed by atoms with E-state index in [9.17, 15) is 4.79 Å². The number of fused-ring (bicyclic) bond motifs is 5. The van der Waals surface area contributed by atoms with Crippen LogP contribution < -0.4 is 0 Å². The highest BCUT2D eigenvalue weighted by atomic mass is 16.5. The first-order chi connectivity index (χ1) is 15.2. The van der Waals surface area contributed by atoms with Crippen molar-refractivity contribution in [3.05, 3.63) is 23.8 Å². The molecular weight excluding hydrogens is 404 g/mol. The fourth-order valence-electron chi connectivity index (χ4n) is 9.85. The van der Waals surface area contributed by atoms with Crippen LogP contribution in [0.3, 0.4) is 0 Å². The third-order valence-electron chi connectivity index (χ3n) is 11.7. The molecule has 4 aliphatic carbocycles. The molecule has 0 aromatic heterocycles. The Morgan fingerprint density at radius 3 is 2.27 bits per heavy atom. The monoisotopic (exact) mass is 454 g/mol. The average molecular weight is 455 g/mol. The zero-order valence-electron chi connectivity index (χ0n) is 22.9. The summed E-state index contributed by atoms with van der Waals surface area (Å²) in [4.78, 5) is 12.2. The summed E-state index contributed by atoms with van der Waals surface area (Å²) in [6, 6.07) is 0. The molecule has 3 fully saturated rings. The molecular formula is C31H50O2. The highest BCUT2D eigenvalue weighted by Crippen LogP contribution is 2.73. The summed E-state index contributed by atoms with van der Waals surface area (Å²) < 4.78 is 5.06. The van der Waals surface area contributed by atoms with E-state index in [-0.39, 0.29) is 16.8 Å². The Kier molecular flexibility index (Phi) is 6.07. The number of allylic oxidation sites excluding steroid dienone is 3. The summed E-state index contributed by atoms with van der Waals surface area (Å²) >= 11 is 0. The van der Waals surface area contributed by atoms with Crippen LogP contribution in [0.25, 0.3) is 0 Å². The first kappa shape index (κ1) is 25.1. The van der Waals surface area contributed by atoms with Crippen LogP contribution in [0, 0.1) is 44.8 Å². The lowest BCUT2D eigenvalue weighted by molar-refractivity contribution is -0.144. The Hall–Kier alpha value is -1.05. The van der Waals surface area contributed by atoms with Crippen LogP contribution in [0.5, 0.6) is 0 Å². The summed E-state index contributed by atoms with van der Waals surface area (Å²) in [7, 11) is 1.52. The molecule has 0 aromatic carbocycles. The zero-order chi connectivity index (χ0) is 24.4. The average Bonchev–Trinajstić information content (AvgIpc) is 2.72. The van der Waals surface area contributed by atoms with Gasteiger partial charge < -0.3 is 4.74 Å². The van der Waals surface area contributed by atoms with Gasteiger partial charge in [0.15, 0.2) is 0 Å².